The van der Waals surface area contributed by atoms with Crippen LogP contribution in [0, 0.1) is 0 Å². The molecule has 0 spiro atoms. The van der Waals surface area contributed by atoms with Crippen molar-refractivity contribution in [2.24, 2.45) is 11.5 Å². The van der Waals surface area contributed by atoms with Crippen molar-refractivity contribution in [3.63, 3.8) is 0 Å². The topological polar surface area (TPSA) is 87.6 Å². The fraction of sp³-hybridized carbons (Fsp3) is 0.667. The van der Waals surface area contributed by atoms with Gasteiger partial charge in [0.05, 0.1) is 0 Å². The molecule has 2 aromatic rings. The molecule has 0 aliphatic heterocycles. The first-order chi connectivity index (χ1) is 20.5. The van der Waals surface area contributed by atoms with Crippen molar-refractivity contribution in [1.29, 1.82) is 0 Å². The zero-order valence-electron chi connectivity index (χ0n) is 26.7. The van der Waals surface area contributed by atoms with E-state index >= 15 is 0 Å². The molecule has 0 amide bonds. The third kappa shape index (κ3) is 18.1. The number of aryl methyl sites for hydroxylation is 2. The summed E-state index contributed by atoms with van der Waals surface area (Å²) in [5.74, 6) is 0. The van der Waals surface area contributed by atoms with Gasteiger partial charge in [-0.1, -0.05) is 127 Å². The quantitative estimate of drug-likeness (QED) is 0.0831. The Balaban J connectivity index is 1.51. The average Bonchev–Trinajstić information content (AvgIpc) is 2.98. The molecule has 42 heavy (non-hydrogen) atoms. The lowest BCUT2D eigenvalue weighted by molar-refractivity contribution is 0.214. The predicted molar refractivity (Wildman–Crippen MR) is 179 cm³/mol. The molecule has 0 aliphatic rings. The fourth-order valence-electron chi connectivity index (χ4n) is 5.31. The lowest BCUT2D eigenvalue weighted by Crippen LogP contribution is -2.24. The van der Waals surface area contributed by atoms with Gasteiger partial charge in [0.15, 0.2) is 0 Å². The molecule has 236 valence electrons. The lowest BCUT2D eigenvalue weighted by Gasteiger charge is -2.11. The van der Waals surface area contributed by atoms with E-state index in [0.29, 0.717) is 26.1 Å². The second kappa shape index (κ2) is 23.8. The van der Waals surface area contributed by atoms with E-state index in [1.54, 1.807) is 0 Å². The molecule has 5 nitrogen and oxygen atoms in total. The second-order valence-corrected chi connectivity index (χ2v) is 13.0. The van der Waals surface area contributed by atoms with Crippen molar-refractivity contribution in [3.05, 3.63) is 70.8 Å². The fourth-order valence-corrected chi connectivity index (χ4v) is 5.89. The van der Waals surface area contributed by atoms with Crippen LogP contribution in [0.25, 0.3) is 0 Å². The van der Waals surface area contributed by atoms with Gasteiger partial charge in [-0.05, 0) is 73.6 Å². The van der Waals surface area contributed by atoms with Gasteiger partial charge in [0.1, 0.15) is 13.2 Å². The molecule has 2 unspecified atom stereocenters. The van der Waals surface area contributed by atoms with Crippen LogP contribution >= 0.6 is 8.25 Å². The van der Waals surface area contributed by atoms with E-state index in [-0.39, 0.29) is 12.1 Å². The van der Waals surface area contributed by atoms with Crippen LogP contribution in [0.1, 0.15) is 126 Å². The summed E-state index contributed by atoms with van der Waals surface area (Å²) in [6, 6.07) is 17.6. The molecule has 0 fully saturated rings. The molecule has 2 rings (SSSR count). The van der Waals surface area contributed by atoms with Crippen LogP contribution in [0.15, 0.2) is 48.5 Å². The Hall–Kier alpha value is -1.62. The highest BCUT2D eigenvalue weighted by Gasteiger charge is 2.21. The normalized spacial score (nSPS) is 13.3. The van der Waals surface area contributed by atoms with Gasteiger partial charge in [-0.25, -0.2) is 0 Å². The smallest absolute Gasteiger partial charge is 0.327 e. The Morgan fingerprint density at radius 3 is 1.26 bits per heavy atom. The first-order valence-corrected chi connectivity index (χ1v) is 18.0. The number of benzene rings is 2. The number of rotatable bonds is 26. The molecule has 0 saturated carbocycles. The average molecular weight is 600 g/mol. The monoisotopic (exact) mass is 599 g/mol. The Bertz CT molecular complexity index is 860. The van der Waals surface area contributed by atoms with Gasteiger partial charge in [-0.3, -0.25) is 0 Å². The summed E-state index contributed by atoms with van der Waals surface area (Å²) in [6.07, 6.45) is 21.0. The molecule has 0 bridgehead atoms. The van der Waals surface area contributed by atoms with Gasteiger partial charge in [-0.2, -0.15) is 0 Å². The van der Waals surface area contributed by atoms with E-state index < -0.39 is 8.25 Å². The summed E-state index contributed by atoms with van der Waals surface area (Å²) in [5.41, 5.74) is 17.9. The minimum atomic E-state index is -2.15. The maximum absolute atomic E-state index is 12.1. The maximum Gasteiger partial charge on any atom is 0.697 e. The van der Waals surface area contributed by atoms with Crippen molar-refractivity contribution in [2.75, 3.05) is 13.2 Å². The molecule has 0 aromatic heterocycles. The van der Waals surface area contributed by atoms with Crippen LogP contribution in [0.5, 0.6) is 0 Å². The van der Waals surface area contributed by atoms with Gasteiger partial charge < -0.3 is 11.5 Å². The Labute approximate surface area is 258 Å². The Morgan fingerprint density at radius 2 is 0.881 bits per heavy atom. The van der Waals surface area contributed by atoms with E-state index in [9.17, 15) is 4.57 Å². The zero-order chi connectivity index (χ0) is 30.3. The van der Waals surface area contributed by atoms with Gasteiger partial charge in [0.25, 0.3) is 0 Å². The van der Waals surface area contributed by atoms with Crippen LogP contribution in [0.4, 0.5) is 0 Å². The van der Waals surface area contributed by atoms with Crippen molar-refractivity contribution >= 4 is 8.25 Å². The third-order valence-corrected chi connectivity index (χ3v) is 8.84. The predicted octanol–water partition coefficient (Wildman–Crippen LogP) is 9.40. The summed E-state index contributed by atoms with van der Waals surface area (Å²) >= 11 is 0. The van der Waals surface area contributed by atoms with Gasteiger partial charge in [0, 0.05) is 16.6 Å². The molecule has 0 radical (unpaired) electrons. The molecule has 6 heteroatoms. The van der Waals surface area contributed by atoms with Crippen LogP contribution in [0.2, 0.25) is 0 Å². The third-order valence-electron chi connectivity index (χ3n) is 8.05. The van der Waals surface area contributed by atoms with E-state index in [4.69, 9.17) is 20.5 Å². The van der Waals surface area contributed by atoms with Crippen molar-refractivity contribution < 1.29 is 13.6 Å². The molecule has 2 aromatic carbocycles. The van der Waals surface area contributed by atoms with Gasteiger partial charge in [0.2, 0.25) is 0 Å². The Morgan fingerprint density at radius 1 is 0.548 bits per heavy atom. The first kappa shape index (κ1) is 36.6. The number of nitrogens with two attached hydrogens (primary N) is 2. The van der Waals surface area contributed by atoms with Gasteiger partial charge in [-0.15, -0.1) is 9.05 Å². The zero-order valence-corrected chi connectivity index (χ0v) is 27.6. The summed E-state index contributed by atoms with van der Waals surface area (Å²) in [4.78, 5) is 0. The standard InChI is InChI=1S/C36H60N2O3P/c1-3-5-7-9-11-13-15-31-17-21-33(22-18-31)29-35(37)25-27-40-42(39)41-28-26-36(38)30-34-23-19-32(20-24-34)16-14-12-10-8-6-4-2/h17-24,35-36H,3-16,25-30,37-38H2,1-2H3/q+1. The summed E-state index contributed by atoms with van der Waals surface area (Å²) in [6.45, 7) is 5.16. The minimum Gasteiger partial charge on any atom is -0.327 e. The van der Waals surface area contributed by atoms with Crippen LogP contribution < -0.4 is 11.5 Å². The van der Waals surface area contributed by atoms with Crippen molar-refractivity contribution in [1.82, 2.24) is 0 Å². The maximum atomic E-state index is 12.1. The highest BCUT2D eigenvalue weighted by molar-refractivity contribution is 7.33. The summed E-state index contributed by atoms with van der Waals surface area (Å²) in [7, 11) is -2.15. The van der Waals surface area contributed by atoms with E-state index in [2.05, 4.69) is 62.4 Å². The lowest BCUT2D eigenvalue weighted by atomic mass is 10.0. The van der Waals surface area contributed by atoms with Gasteiger partial charge >= 0.3 is 8.25 Å². The largest absolute Gasteiger partial charge is 0.697 e. The second-order valence-electron chi connectivity index (χ2n) is 12.1. The number of hydrogen-bond donors (Lipinski definition) is 2. The Kier molecular flexibility index (Phi) is 20.7. The molecule has 0 aliphatic carbocycles. The van der Waals surface area contributed by atoms with Crippen LogP contribution in [-0.4, -0.2) is 25.3 Å². The van der Waals surface area contributed by atoms with E-state index in [1.807, 2.05) is 0 Å². The minimum absolute atomic E-state index is 0.0385. The molecular formula is C36H60N2O3P+. The SMILES string of the molecule is CCCCCCCCc1ccc(CC(N)CCO[P+](=O)OCCC(N)Cc2ccc(CCCCCCCC)cc2)cc1. The highest BCUT2D eigenvalue weighted by atomic mass is 31.1. The first-order valence-electron chi connectivity index (χ1n) is 16.9. The van der Waals surface area contributed by atoms with Crippen LogP contribution in [0.3, 0.4) is 0 Å². The molecule has 0 heterocycles. The number of unbranched alkanes of at least 4 members (excludes halogenated alkanes) is 10. The van der Waals surface area contributed by atoms with Crippen molar-refractivity contribution in [3.8, 4) is 0 Å². The highest BCUT2D eigenvalue weighted by Crippen LogP contribution is 2.25. The molecular weight excluding hydrogens is 539 g/mol. The summed E-state index contributed by atoms with van der Waals surface area (Å²) in [5, 5.41) is 0. The van der Waals surface area contributed by atoms with E-state index in [0.717, 1.165) is 25.7 Å². The molecule has 2 atom stereocenters. The molecule has 4 N–H and O–H groups in total. The van der Waals surface area contributed by atoms with Crippen molar-refractivity contribution in [2.45, 2.75) is 142 Å². The molecule has 0 saturated heterocycles. The number of hydrogen-bond acceptors (Lipinski definition) is 5. The van der Waals surface area contributed by atoms with Crippen LogP contribution in [-0.2, 0) is 39.3 Å². The van der Waals surface area contributed by atoms with E-state index in [1.165, 1.54) is 99.3 Å². The summed E-state index contributed by atoms with van der Waals surface area (Å²) < 4.78 is 22.9.